The standard InChI is InChI=1S/C17H30N4/c1-6-18-14(2)15-8-7-9-19-16(15)20-10-12-21(13-11-20)17(3,4)5/h7-9,14,18H,6,10-13H2,1-5H3. The summed E-state index contributed by atoms with van der Waals surface area (Å²) in [6.07, 6.45) is 1.91. The van der Waals surface area contributed by atoms with E-state index in [9.17, 15) is 0 Å². The van der Waals surface area contributed by atoms with Gasteiger partial charge in [0.05, 0.1) is 0 Å². The number of nitrogens with one attached hydrogen (secondary N) is 1. The van der Waals surface area contributed by atoms with Crippen LogP contribution in [0.4, 0.5) is 5.82 Å². The van der Waals surface area contributed by atoms with Crippen molar-refractivity contribution in [3.8, 4) is 0 Å². The minimum absolute atomic E-state index is 0.260. The Hall–Kier alpha value is -1.13. The molecule has 1 atom stereocenters. The molecule has 0 aromatic carbocycles. The highest BCUT2D eigenvalue weighted by Gasteiger charge is 2.27. The predicted molar refractivity (Wildman–Crippen MR) is 89.9 cm³/mol. The minimum atomic E-state index is 0.260. The van der Waals surface area contributed by atoms with Gasteiger partial charge in [0.2, 0.25) is 0 Å². The van der Waals surface area contributed by atoms with E-state index >= 15 is 0 Å². The van der Waals surface area contributed by atoms with Gasteiger partial charge >= 0.3 is 0 Å². The molecule has 0 amide bonds. The molecular formula is C17H30N4. The van der Waals surface area contributed by atoms with Crippen molar-refractivity contribution in [2.45, 2.75) is 46.2 Å². The lowest BCUT2D eigenvalue weighted by Crippen LogP contribution is -2.53. The number of hydrogen-bond acceptors (Lipinski definition) is 4. The average Bonchev–Trinajstić information content (AvgIpc) is 2.47. The summed E-state index contributed by atoms with van der Waals surface area (Å²) >= 11 is 0. The van der Waals surface area contributed by atoms with Crippen LogP contribution in [0.1, 0.15) is 46.2 Å². The van der Waals surface area contributed by atoms with Crippen LogP contribution in [-0.4, -0.2) is 48.1 Å². The molecule has 1 aromatic rings. The van der Waals surface area contributed by atoms with Crippen LogP contribution in [0.15, 0.2) is 18.3 Å². The van der Waals surface area contributed by atoms with Gasteiger partial charge in [-0.3, -0.25) is 4.90 Å². The van der Waals surface area contributed by atoms with Gasteiger partial charge in [-0.1, -0.05) is 13.0 Å². The summed E-state index contributed by atoms with van der Waals surface area (Å²) in [5, 5.41) is 3.50. The zero-order valence-electron chi connectivity index (χ0n) is 14.2. The average molecular weight is 290 g/mol. The lowest BCUT2D eigenvalue weighted by Gasteiger charge is -2.43. The summed E-state index contributed by atoms with van der Waals surface area (Å²) < 4.78 is 0. The van der Waals surface area contributed by atoms with Gasteiger partial charge in [0.1, 0.15) is 5.82 Å². The van der Waals surface area contributed by atoms with Crippen molar-refractivity contribution in [2.75, 3.05) is 37.6 Å². The molecule has 2 rings (SSSR count). The molecule has 0 radical (unpaired) electrons. The van der Waals surface area contributed by atoms with Gasteiger partial charge in [0, 0.05) is 49.5 Å². The largest absolute Gasteiger partial charge is 0.354 e. The molecule has 1 aliphatic rings. The van der Waals surface area contributed by atoms with E-state index in [1.807, 2.05) is 12.3 Å². The Kier molecular flexibility index (Phi) is 5.22. The van der Waals surface area contributed by atoms with Gasteiger partial charge in [-0.05, 0) is 40.3 Å². The highest BCUT2D eigenvalue weighted by Crippen LogP contribution is 2.26. The summed E-state index contributed by atoms with van der Waals surface area (Å²) in [6, 6.07) is 4.59. The summed E-state index contributed by atoms with van der Waals surface area (Å²) in [5.41, 5.74) is 1.57. The molecule has 1 aromatic heterocycles. The number of anilines is 1. The van der Waals surface area contributed by atoms with Crippen molar-refractivity contribution in [1.29, 1.82) is 0 Å². The second-order valence-corrected chi connectivity index (χ2v) is 6.84. The molecule has 0 spiro atoms. The maximum Gasteiger partial charge on any atom is 0.133 e. The Morgan fingerprint density at radius 3 is 2.48 bits per heavy atom. The van der Waals surface area contributed by atoms with E-state index in [-0.39, 0.29) is 5.54 Å². The molecule has 0 saturated carbocycles. The maximum atomic E-state index is 4.66. The molecule has 0 bridgehead atoms. The third kappa shape index (κ3) is 3.95. The van der Waals surface area contributed by atoms with E-state index in [1.54, 1.807) is 0 Å². The minimum Gasteiger partial charge on any atom is -0.354 e. The summed E-state index contributed by atoms with van der Waals surface area (Å²) in [4.78, 5) is 9.65. The van der Waals surface area contributed by atoms with Gasteiger partial charge in [0.15, 0.2) is 0 Å². The van der Waals surface area contributed by atoms with Crippen LogP contribution in [0.3, 0.4) is 0 Å². The Morgan fingerprint density at radius 1 is 1.24 bits per heavy atom. The smallest absolute Gasteiger partial charge is 0.133 e. The SMILES string of the molecule is CCNC(C)c1cccnc1N1CCN(C(C)(C)C)CC1. The zero-order valence-corrected chi connectivity index (χ0v) is 14.2. The van der Waals surface area contributed by atoms with Crippen molar-refractivity contribution in [3.63, 3.8) is 0 Å². The highest BCUT2D eigenvalue weighted by molar-refractivity contribution is 5.48. The van der Waals surface area contributed by atoms with E-state index in [2.05, 4.69) is 60.8 Å². The normalized spacial score (nSPS) is 18.8. The predicted octanol–water partition coefficient (Wildman–Crippen LogP) is 2.67. The van der Waals surface area contributed by atoms with Gasteiger partial charge in [-0.15, -0.1) is 0 Å². The third-order valence-electron chi connectivity index (χ3n) is 4.32. The van der Waals surface area contributed by atoms with Gasteiger partial charge in [0.25, 0.3) is 0 Å². The number of nitrogens with zero attached hydrogens (tertiary/aromatic N) is 3. The van der Waals surface area contributed by atoms with Gasteiger partial charge < -0.3 is 10.2 Å². The Balaban J connectivity index is 2.10. The first-order chi connectivity index (χ1) is 9.93. The van der Waals surface area contributed by atoms with Crippen LogP contribution >= 0.6 is 0 Å². The number of piperazine rings is 1. The van der Waals surface area contributed by atoms with Crippen LogP contribution in [0.5, 0.6) is 0 Å². The molecule has 1 fully saturated rings. The lowest BCUT2D eigenvalue weighted by atomic mass is 10.0. The first kappa shape index (κ1) is 16.2. The van der Waals surface area contributed by atoms with Crippen LogP contribution in [0.25, 0.3) is 0 Å². The van der Waals surface area contributed by atoms with Crippen molar-refractivity contribution in [1.82, 2.24) is 15.2 Å². The second-order valence-electron chi connectivity index (χ2n) is 6.84. The number of hydrogen-bond donors (Lipinski definition) is 1. The molecule has 1 aliphatic heterocycles. The topological polar surface area (TPSA) is 31.4 Å². The summed E-state index contributed by atoms with van der Waals surface area (Å²) in [5.74, 6) is 1.15. The summed E-state index contributed by atoms with van der Waals surface area (Å²) in [6.45, 7) is 16.5. The molecule has 21 heavy (non-hydrogen) atoms. The molecule has 4 heteroatoms. The van der Waals surface area contributed by atoms with Crippen molar-refractivity contribution < 1.29 is 0 Å². The van der Waals surface area contributed by atoms with E-state index in [0.717, 1.165) is 38.5 Å². The van der Waals surface area contributed by atoms with Crippen LogP contribution in [0.2, 0.25) is 0 Å². The molecule has 1 saturated heterocycles. The fourth-order valence-corrected chi connectivity index (χ4v) is 3.02. The third-order valence-corrected chi connectivity index (χ3v) is 4.32. The molecule has 1 unspecified atom stereocenters. The Morgan fingerprint density at radius 2 is 1.90 bits per heavy atom. The van der Waals surface area contributed by atoms with Gasteiger partial charge in [-0.2, -0.15) is 0 Å². The monoisotopic (exact) mass is 290 g/mol. The quantitative estimate of drug-likeness (QED) is 0.924. The first-order valence-corrected chi connectivity index (χ1v) is 8.11. The van der Waals surface area contributed by atoms with Crippen molar-refractivity contribution in [2.24, 2.45) is 0 Å². The van der Waals surface area contributed by atoms with Crippen LogP contribution in [0, 0.1) is 0 Å². The van der Waals surface area contributed by atoms with E-state index in [0.29, 0.717) is 6.04 Å². The second kappa shape index (κ2) is 6.75. The number of pyridine rings is 1. The van der Waals surface area contributed by atoms with Crippen molar-refractivity contribution in [3.05, 3.63) is 23.9 Å². The fourth-order valence-electron chi connectivity index (χ4n) is 3.02. The summed E-state index contributed by atoms with van der Waals surface area (Å²) in [7, 11) is 0. The van der Waals surface area contributed by atoms with Crippen molar-refractivity contribution >= 4 is 5.82 Å². The number of rotatable bonds is 4. The maximum absolute atomic E-state index is 4.66. The Bertz CT molecular complexity index is 444. The number of aromatic nitrogens is 1. The fraction of sp³-hybridized carbons (Fsp3) is 0.706. The van der Waals surface area contributed by atoms with Crippen LogP contribution < -0.4 is 10.2 Å². The van der Waals surface area contributed by atoms with E-state index in [4.69, 9.17) is 0 Å². The molecule has 2 heterocycles. The Labute approximate surface area is 129 Å². The molecule has 0 aliphatic carbocycles. The molecule has 4 nitrogen and oxygen atoms in total. The lowest BCUT2D eigenvalue weighted by molar-refractivity contribution is 0.128. The molecule has 1 N–H and O–H groups in total. The molecule has 118 valence electrons. The van der Waals surface area contributed by atoms with Gasteiger partial charge in [-0.25, -0.2) is 4.98 Å². The first-order valence-electron chi connectivity index (χ1n) is 8.11. The van der Waals surface area contributed by atoms with Crippen LogP contribution in [-0.2, 0) is 0 Å². The van der Waals surface area contributed by atoms with E-state index < -0.39 is 0 Å². The highest BCUT2D eigenvalue weighted by atomic mass is 15.3. The zero-order chi connectivity index (χ0) is 15.5. The molecular weight excluding hydrogens is 260 g/mol. The van der Waals surface area contributed by atoms with E-state index in [1.165, 1.54) is 5.56 Å².